The quantitative estimate of drug-likeness (QED) is 0.749. The van der Waals surface area contributed by atoms with E-state index in [0.717, 1.165) is 63.2 Å². The Morgan fingerprint density at radius 2 is 2.04 bits per heavy atom. The van der Waals surface area contributed by atoms with Gasteiger partial charge in [0.15, 0.2) is 5.65 Å². The van der Waals surface area contributed by atoms with Gasteiger partial charge in [0.1, 0.15) is 0 Å². The third kappa shape index (κ3) is 3.09. The molecule has 4 heterocycles. The van der Waals surface area contributed by atoms with Crippen molar-refractivity contribution in [3.63, 3.8) is 0 Å². The number of benzene rings is 1. The summed E-state index contributed by atoms with van der Waals surface area (Å²) in [6, 6.07) is 10.7. The van der Waals surface area contributed by atoms with Crippen molar-refractivity contribution in [2.75, 3.05) is 19.6 Å². The third-order valence-electron chi connectivity index (χ3n) is 6.03. The number of piperidine rings is 1. The fourth-order valence-electron chi connectivity index (χ4n) is 4.63. The topological polar surface area (TPSA) is 66.0 Å². The van der Waals surface area contributed by atoms with Crippen LogP contribution in [0, 0.1) is 0 Å². The molecule has 6 nitrogen and oxygen atoms in total. The zero-order chi connectivity index (χ0) is 18.2. The van der Waals surface area contributed by atoms with Crippen LogP contribution in [-0.2, 0) is 19.5 Å². The fourth-order valence-corrected chi connectivity index (χ4v) is 4.63. The normalized spacial score (nSPS) is 18.7. The number of nitrogens with one attached hydrogen (secondary N) is 2. The van der Waals surface area contributed by atoms with Crippen LogP contribution in [0.4, 0.5) is 0 Å². The van der Waals surface area contributed by atoms with Crippen molar-refractivity contribution in [3.8, 4) is 0 Å². The van der Waals surface area contributed by atoms with Gasteiger partial charge in [-0.1, -0.05) is 18.2 Å². The van der Waals surface area contributed by atoms with Gasteiger partial charge in [-0.05, 0) is 54.6 Å². The lowest BCUT2D eigenvalue weighted by atomic mass is 9.94. The minimum Gasteiger partial charge on any atom is -0.312 e. The van der Waals surface area contributed by atoms with Crippen LogP contribution in [0.3, 0.4) is 0 Å². The SMILES string of the molecule is O=c1[nH]c2cccnc2n1C1CCN(Cc2cccc3c2CCNC3)CC1. The van der Waals surface area contributed by atoms with Gasteiger partial charge in [-0.25, -0.2) is 9.78 Å². The van der Waals surface area contributed by atoms with Gasteiger partial charge in [0.2, 0.25) is 0 Å². The number of pyridine rings is 1. The predicted molar refractivity (Wildman–Crippen MR) is 106 cm³/mol. The van der Waals surface area contributed by atoms with Gasteiger partial charge in [-0.3, -0.25) is 9.47 Å². The highest BCUT2D eigenvalue weighted by molar-refractivity contribution is 5.70. The van der Waals surface area contributed by atoms with Crippen LogP contribution in [0.5, 0.6) is 0 Å². The first kappa shape index (κ1) is 16.7. The van der Waals surface area contributed by atoms with Crippen molar-refractivity contribution in [3.05, 3.63) is 63.7 Å². The lowest BCUT2D eigenvalue weighted by molar-refractivity contribution is 0.179. The Kier molecular flexibility index (Phi) is 4.30. The van der Waals surface area contributed by atoms with Crippen LogP contribution in [0.15, 0.2) is 41.3 Å². The molecule has 140 valence electrons. The summed E-state index contributed by atoms with van der Waals surface area (Å²) < 4.78 is 1.86. The van der Waals surface area contributed by atoms with Crippen molar-refractivity contribution >= 4 is 11.2 Å². The van der Waals surface area contributed by atoms with Crippen molar-refractivity contribution in [2.24, 2.45) is 0 Å². The van der Waals surface area contributed by atoms with E-state index in [2.05, 4.69) is 38.4 Å². The second-order valence-electron chi connectivity index (χ2n) is 7.66. The number of fused-ring (bicyclic) bond motifs is 2. The summed E-state index contributed by atoms with van der Waals surface area (Å²) in [6.07, 6.45) is 4.85. The first-order valence-electron chi connectivity index (χ1n) is 9.87. The van der Waals surface area contributed by atoms with Crippen LogP contribution in [0.25, 0.3) is 11.2 Å². The molecule has 2 aliphatic heterocycles. The maximum absolute atomic E-state index is 12.4. The number of likely N-dealkylation sites (tertiary alicyclic amines) is 1. The average Bonchev–Trinajstić information content (AvgIpc) is 3.05. The molecule has 0 aliphatic carbocycles. The molecule has 1 aromatic carbocycles. The molecule has 5 rings (SSSR count). The molecule has 0 saturated carbocycles. The number of nitrogens with zero attached hydrogens (tertiary/aromatic N) is 3. The van der Waals surface area contributed by atoms with Gasteiger partial charge in [0, 0.05) is 38.4 Å². The van der Waals surface area contributed by atoms with Crippen LogP contribution in [-0.4, -0.2) is 39.1 Å². The zero-order valence-corrected chi connectivity index (χ0v) is 15.4. The van der Waals surface area contributed by atoms with Gasteiger partial charge in [-0.2, -0.15) is 0 Å². The summed E-state index contributed by atoms with van der Waals surface area (Å²) in [5, 5.41) is 3.46. The average molecular weight is 363 g/mol. The van der Waals surface area contributed by atoms with E-state index in [4.69, 9.17) is 0 Å². The monoisotopic (exact) mass is 363 g/mol. The first-order chi connectivity index (χ1) is 13.3. The summed E-state index contributed by atoms with van der Waals surface area (Å²) in [4.78, 5) is 22.3. The van der Waals surface area contributed by atoms with Crippen LogP contribution >= 0.6 is 0 Å². The molecule has 0 radical (unpaired) electrons. The van der Waals surface area contributed by atoms with Gasteiger partial charge in [0.25, 0.3) is 0 Å². The molecule has 1 fully saturated rings. The number of H-pyrrole nitrogens is 1. The number of hydrogen-bond donors (Lipinski definition) is 2. The Bertz CT molecular complexity index is 1010. The number of rotatable bonds is 3. The van der Waals surface area contributed by atoms with Gasteiger partial charge in [-0.15, -0.1) is 0 Å². The van der Waals surface area contributed by atoms with E-state index in [1.165, 1.54) is 16.7 Å². The minimum atomic E-state index is -0.0354. The number of hydrogen-bond acceptors (Lipinski definition) is 4. The van der Waals surface area contributed by atoms with Crippen molar-refractivity contribution < 1.29 is 0 Å². The molecule has 0 amide bonds. The largest absolute Gasteiger partial charge is 0.327 e. The third-order valence-corrected chi connectivity index (χ3v) is 6.03. The molecule has 6 heteroatoms. The zero-order valence-electron chi connectivity index (χ0n) is 15.4. The summed E-state index contributed by atoms with van der Waals surface area (Å²) in [7, 11) is 0. The lowest BCUT2D eigenvalue weighted by Crippen LogP contribution is -2.37. The smallest absolute Gasteiger partial charge is 0.312 e. The molecule has 0 bridgehead atoms. The maximum atomic E-state index is 12.4. The molecular weight excluding hydrogens is 338 g/mol. The predicted octanol–water partition coefficient (Wildman–Crippen LogP) is 2.21. The molecule has 0 unspecified atom stereocenters. The summed E-state index contributed by atoms with van der Waals surface area (Å²) >= 11 is 0. The highest BCUT2D eigenvalue weighted by Gasteiger charge is 2.25. The molecular formula is C21H25N5O. The Morgan fingerprint density at radius 3 is 2.93 bits per heavy atom. The number of imidazole rings is 1. The van der Waals surface area contributed by atoms with Crippen molar-refractivity contribution in [1.29, 1.82) is 0 Å². The first-order valence-corrected chi connectivity index (χ1v) is 9.87. The van der Waals surface area contributed by atoms with Gasteiger partial charge < -0.3 is 10.3 Å². The van der Waals surface area contributed by atoms with Crippen LogP contribution in [0.2, 0.25) is 0 Å². The Labute approximate surface area is 158 Å². The second-order valence-corrected chi connectivity index (χ2v) is 7.66. The lowest BCUT2D eigenvalue weighted by Gasteiger charge is -2.33. The molecule has 0 atom stereocenters. The van der Waals surface area contributed by atoms with E-state index < -0.39 is 0 Å². The van der Waals surface area contributed by atoms with Gasteiger partial charge >= 0.3 is 5.69 Å². The van der Waals surface area contributed by atoms with E-state index in [-0.39, 0.29) is 11.7 Å². The van der Waals surface area contributed by atoms with E-state index in [9.17, 15) is 4.79 Å². The molecule has 2 aromatic heterocycles. The Hall–Kier alpha value is -2.44. The molecule has 2 N–H and O–H groups in total. The van der Waals surface area contributed by atoms with Crippen LogP contribution in [0.1, 0.15) is 35.6 Å². The number of aromatic amines is 1. The molecule has 0 spiro atoms. The molecule has 3 aromatic rings. The molecule has 1 saturated heterocycles. The highest BCUT2D eigenvalue weighted by atomic mass is 16.1. The fraction of sp³-hybridized carbons (Fsp3) is 0.429. The van der Waals surface area contributed by atoms with E-state index >= 15 is 0 Å². The molecule has 27 heavy (non-hydrogen) atoms. The number of aromatic nitrogens is 3. The molecule has 2 aliphatic rings. The van der Waals surface area contributed by atoms with Crippen molar-refractivity contribution in [2.45, 2.75) is 38.4 Å². The maximum Gasteiger partial charge on any atom is 0.327 e. The Balaban J connectivity index is 1.31. The van der Waals surface area contributed by atoms with Crippen molar-refractivity contribution in [1.82, 2.24) is 24.8 Å². The summed E-state index contributed by atoms with van der Waals surface area (Å²) in [5.74, 6) is 0. The Morgan fingerprint density at radius 1 is 1.15 bits per heavy atom. The van der Waals surface area contributed by atoms with Crippen LogP contribution < -0.4 is 11.0 Å². The van der Waals surface area contributed by atoms with E-state index in [1.54, 1.807) is 6.20 Å². The summed E-state index contributed by atoms with van der Waals surface area (Å²) in [6.45, 7) is 5.10. The van der Waals surface area contributed by atoms with E-state index in [1.807, 2.05) is 16.7 Å². The minimum absolute atomic E-state index is 0.0354. The standard InChI is InChI=1S/C21H25N5O/c27-21-24-19-5-2-9-23-20(19)26(21)17-7-11-25(12-8-17)14-16-4-1-3-15-13-22-10-6-18(15)16/h1-5,9,17,22H,6-8,10-14H2,(H,24,27). The van der Waals surface area contributed by atoms with Gasteiger partial charge in [0.05, 0.1) is 5.52 Å². The second kappa shape index (κ2) is 6.94. The van der Waals surface area contributed by atoms with E-state index in [0.29, 0.717) is 0 Å². The summed E-state index contributed by atoms with van der Waals surface area (Å²) in [5.41, 5.74) is 6.03. The highest BCUT2D eigenvalue weighted by Crippen LogP contribution is 2.26.